The Bertz CT molecular complexity index is 456. The van der Waals surface area contributed by atoms with Gasteiger partial charge in [-0.15, -0.1) is 0 Å². The molecular formula is C17H28N4O. The third-order valence-corrected chi connectivity index (χ3v) is 5.12. The van der Waals surface area contributed by atoms with E-state index in [-0.39, 0.29) is 0 Å². The van der Waals surface area contributed by atoms with Crippen LogP contribution in [0.5, 0.6) is 5.88 Å². The maximum absolute atomic E-state index is 5.12. The zero-order valence-corrected chi connectivity index (χ0v) is 13.9. The van der Waals surface area contributed by atoms with Gasteiger partial charge in [0, 0.05) is 38.3 Å². The fraction of sp³-hybridized carbons (Fsp3) is 0.706. The van der Waals surface area contributed by atoms with Gasteiger partial charge in [-0.1, -0.05) is 0 Å². The second-order valence-corrected chi connectivity index (χ2v) is 6.45. The van der Waals surface area contributed by atoms with Crippen molar-refractivity contribution in [2.75, 3.05) is 58.3 Å². The van der Waals surface area contributed by atoms with Crippen LogP contribution in [0, 0.1) is 0 Å². The first kappa shape index (κ1) is 15.6. The molecule has 2 saturated heterocycles. The Hall–Kier alpha value is -1.33. The van der Waals surface area contributed by atoms with E-state index in [0.717, 1.165) is 32.2 Å². The molecule has 5 nitrogen and oxygen atoms in total. The van der Waals surface area contributed by atoms with Crippen molar-refractivity contribution in [2.24, 2.45) is 0 Å². The lowest BCUT2D eigenvalue weighted by Gasteiger charge is -2.36. The first-order valence-corrected chi connectivity index (χ1v) is 8.44. The molecule has 5 heteroatoms. The maximum atomic E-state index is 5.12. The van der Waals surface area contributed by atoms with Crippen LogP contribution in [0.3, 0.4) is 0 Å². The van der Waals surface area contributed by atoms with Crippen LogP contribution in [0.25, 0.3) is 0 Å². The van der Waals surface area contributed by atoms with Gasteiger partial charge in [0.1, 0.15) is 0 Å². The van der Waals surface area contributed by atoms with E-state index in [9.17, 15) is 0 Å². The van der Waals surface area contributed by atoms with Gasteiger partial charge >= 0.3 is 0 Å². The molecule has 0 spiro atoms. The third-order valence-electron chi connectivity index (χ3n) is 5.12. The molecule has 3 heterocycles. The number of methoxy groups -OCH3 is 1. The predicted octanol–water partition coefficient (Wildman–Crippen LogP) is 1.70. The van der Waals surface area contributed by atoms with Crippen molar-refractivity contribution in [1.29, 1.82) is 0 Å². The highest BCUT2D eigenvalue weighted by molar-refractivity contribution is 5.45. The number of rotatable bonds is 5. The third kappa shape index (κ3) is 3.70. The van der Waals surface area contributed by atoms with Crippen LogP contribution in [0.1, 0.15) is 19.3 Å². The molecule has 0 amide bonds. The van der Waals surface area contributed by atoms with E-state index in [0.29, 0.717) is 5.88 Å². The average molecular weight is 304 g/mol. The van der Waals surface area contributed by atoms with Crippen LogP contribution in [-0.4, -0.2) is 74.3 Å². The maximum Gasteiger partial charge on any atom is 0.213 e. The topological polar surface area (TPSA) is 31.8 Å². The summed E-state index contributed by atoms with van der Waals surface area (Å²) < 4.78 is 5.12. The van der Waals surface area contributed by atoms with Crippen LogP contribution < -0.4 is 9.64 Å². The highest BCUT2D eigenvalue weighted by Crippen LogP contribution is 2.20. The van der Waals surface area contributed by atoms with Crippen LogP contribution in [0.2, 0.25) is 0 Å². The number of piperazine rings is 1. The summed E-state index contributed by atoms with van der Waals surface area (Å²) in [6.07, 6.45) is 6.00. The van der Waals surface area contributed by atoms with Crippen molar-refractivity contribution in [3.05, 3.63) is 18.3 Å². The minimum Gasteiger partial charge on any atom is -0.481 e. The van der Waals surface area contributed by atoms with Crippen LogP contribution in [0.4, 0.5) is 5.69 Å². The molecular weight excluding hydrogens is 276 g/mol. The summed E-state index contributed by atoms with van der Waals surface area (Å²) in [4.78, 5) is 11.9. The Morgan fingerprint density at radius 3 is 2.59 bits per heavy atom. The largest absolute Gasteiger partial charge is 0.481 e. The molecule has 1 unspecified atom stereocenters. The molecule has 0 radical (unpaired) electrons. The zero-order valence-electron chi connectivity index (χ0n) is 13.9. The van der Waals surface area contributed by atoms with E-state index < -0.39 is 0 Å². The molecule has 0 N–H and O–H groups in total. The zero-order chi connectivity index (χ0) is 15.4. The van der Waals surface area contributed by atoms with Gasteiger partial charge < -0.3 is 14.5 Å². The molecule has 2 aliphatic heterocycles. The van der Waals surface area contributed by atoms with Crippen molar-refractivity contribution >= 4 is 5.69 Å². The molecule has 0 bridgehead atoms. The number of hydrogen-bond donors (Lipinski definition) is 0. The number of pyridine rings is 1. The fourth-order valence-corrected chi connectivity index (χ4v) is 3.59. The summed E-state index contributed by atoms with van der Waals surface area (Å²) in [5.41, 5.74) is 1.20. The molecule has 2 fully saturated rings. The van der Waals surface area contributed by atoms with E-state index in [1.54, 1.807) is 7.11 Å². The summed E-state index contributed by atoms with van der Waals surface area (Å²) in [6, 6.07) is 4.86. The van der Waals surface area contributed by atoms with Gasteiger partial charge in [-0.05, 0) is 45.5 Å². The van der Waals surface area contributed by atoms with Crippen LogP contribution in [-0.2, 0) is 0 Å². The minimum absolute atomic E-state index is 0.683. The lowest BCUT2D eigenvalue weighted by Crippen LogP contribution is -2.47. The van der Waals surface area contributed by atoms with Gasteiger partial charge in [0.05, 0.1) is 19.0 Å². The first-order valence-electron chi connectivity index (χ1n) is 8.44. The normalized spacial score (nSPS) is 23.9. The number of ether oxygens (including phenoxy) is 1. The monoisotopic (exact) mass is 304 g/mol. The number of likely N-dealkylation sites (tertiary alicyclic amines) is 1. The molecule has 0 aromatic carbocycles. The fourth-order valence-electron chi connectivity index (χ4n) is 3.59. The number of aromatic nitrogens is 1. The summed E-state index contributed by atoms with van der Waals surface area (Å²) in [6.45, 7) is 7.01. The number of anilines is 1. The van der Waals surface area contributed by atoms with Crippen molar-refractivity contribution in [3.63, 3.8) is 0 Å². The van der Waals surface area contributed by atoms with E-state index >= 15 is 0 Å². The molecule has 2 aliphatic rings. The molecule has 0 aliphatic carbocycles. The lowest BCUT2D eigenvalue weighted by atomic mass is 10.1. The molecule has 1 aromatic rings. The molecule has 0 saturated carbocycles. The lowest BCUT2D eigenvalue weighted by molar-refractivity contribution is 0.215. The Balaban J connectivity index is 1.43. The second kappa shape index (κ2) is 7.29. The first-order chi connectivity index (χ1) is 10.8. The summed E-state index contributed by atoms with van der Waals surface area (Å²) in [7, 11) is 3.93. The highest BCUT2D eigenvalue weighted by atomic mass is 16.5. The van der Waals surface area contributed by atoms with E-state index in [1.807, 2.05) is 12.3 Å². The molecule has 22 heavy (non-hydrogen) atoms. The molecule has 1 aromatic heterocycles. The van der Waals surface area contributed by atoms with E-state index in [2.05, 4.69) is 32.8 Å². The highest BCUT2D eigenvalue weighted by Gasteiger charge is 2.23. The molecule has 3 rings (SSSR count). The van der Waals surface area contributed by atoms with Gasteiger partial charge in [0.15, 0.2) is 0 Å². The van der Waals surface area contributed by atoms with Crippen LogP contribution >= 0.6 is 0 Å². The van der Waals surface area contributed by atoms with Gasteiger partial charge in [0.25, 0.3) is 0 Å². The van der Waals surface area contributed by atoms with Crippen molar-refractivity contribution < 1.29 is 4.74 Å². The summed E-state index contributed by atoms with van der Waals surface area (Å²) in [5.74, 6) is 0.683. The average Bonchev–Trinajstić information content (AvgIpc) is 2.99. The summed E-state index contributed by atoms with van der Waals surface area (Å²) >= 11 is 0. The quantitative estimate of drug-likeness (QED) is 0.826. The molecule has 1 atom stereocenters. The summed E-state index contributed by atoms with van der Waals surface area (Å²) in [5, 5.41) is 0. The Kier molecular flexibility index (Phi) is 5.16. The van der Waals surface area contributed by atoms with Crippen molar-refractivity contribution in [1.82, 2.24) is 14.8 Å². The molecule has 122 valence electrons. The van der Waals surface area contributed by atoms with Gasteiger partial charge in [0.2, 0.25) is 5.88 Å². The van der Waals surface area contributed by atoms with Crippen molar-refractivity contribution in [2.45, 2.75) is 25.3 Å². The van der Waals surface area contributed by atoms with Gasteiger partial charge in [-0.25, -0.2) is 4.98 Å². The standard InChI is InChI=1S/C17H28N4O/c1-19-8-3-4-15(19)7-9-20-10-12-21(13-11-20)16-5-6-17(22-2)18-14-16/h5-6,14-15H,3-4,7-13H2,1-2H3. The predicted molar refractivity (Wildman–Crippen MR) is 89.7 cm³/mol. The smallest absolute Gasteiger partial charge is 0.213 e. The van der Waals surface area contributed by atoms with Gasteiger partial charge in [-0.2, -0.15) is 0 Å². The Labute approximate surface area is 133 Å². The Morgan fingerprint density at radius 1 is 1.18 bits per heavy atom. The SMILES string of the molecule is COc1ccc(N2CCN(CCC3CCCN3C)CC2)cn1. The number of nitrogens with zero attached hydrogens (tertiary/aromatic N) is 4. The van der Waals surface area contributed by atoms with Gasteiger partial charge in [-0.3, -0.25) is 4.90 Å². The Morgan fingerprint density at radius 2 is 2.00 bits per heavy atom. The van der Waals surface area contributed by atoms with Crippen LogP contribution in [0.15, 0.2) is 18.3 Å². The van der Waals surface area contributed by atoms with E-state index in [4.69, 9.17) is 4.74 Å². The second-order valence-electron chi connectivity index (χ2n) is 6.45. The number of hydrogen-bond acceptors (Lipinski definition) is 5. The van der Waals surface area contributed by atoms with Crippen molar-refractivity contribution in [3.8, 4) is 5.88 Å². The minimum atomic E-state index is 0.683. The van der Waals surface area contributed by atoms with E-state index in [1.165, 1.54) is 38.0 Å².